The summed E-state index contributed by atoms with van der Waals surface area (Å²) in [5.74, 6) is -1.23. The predicted molar refractivity (Wildman–Crippen MR) is 57.2 cm³/mol. The van der Waals surface area contributed by atoms with Crippen LogP contribution in [-0.2, 0) is 0 Å². The Hall–Kier alpha value is -1.85. The maximum atomic E-state index is 10.7. The van der Waals surface area contributed by atoms with Crippen molar-refractivity contribution in [2.75, 3.05) is 6.54 Å². The van der Waals surface area contributed by atoms with E-state index in [-0.39, 0.29) is 12.3 Å². The zero-order chi connectivity index (χ0) is 11.7. The molecule has 0 saturated carbocycles. The van der Waals surface area contributed by atoms with Gasteiger partial charge in [0, 0.05) is 11.9 Å². The summed E-state index contributed by atoms with van der Waals surface area (Å²) in [4.78, 5) is 10.7. The topological polar surface area (TPSA) is 96.7 Å². The highest BCUT2D eigenvalue weighted by atomic mass is 16.4. The molecule has 1 aromatic carbocycles. The number of carboxylic acids is 1. The largest absolute Gasteiger partial charge is 0.475 e. The third kappa shape index (κ3) is 1.78. The number of benzene rings is 1. The Balaban J connectivity index is 2.49. The number of fused-ring (bicyclic) bond motifs is 1. The van der Waals surface area contributed by atoms with Gasteiger partial charge in [-0.15, -0.1) is 0 Å². The minimum Gasteiger partial charge on any atom is -0.475 e. The Kier molecular flexibility index (Phi) is 2.64. The van der Waals surface area contributed by atoms with Crippen LogP contribution in [0.4, 0.5) is 0 Å². The van der Waals surface area contributed by atoms with Crippen LogP contribution in [0.15, 0.2) is 28.7 Å². The van der Waals surface area contributed by atoms with E-state index in [1.54, 1.807) is 18.2 Å². The van der Waals surface area contributed by atoms with Crippen molar-refractivity contribution in [3.8, 4) is 0 Å². The number of aliphatic hydroxyl groups excluding tert-OH is 1. The SMILES string of the molecule is NCC(O)c1ccc2oc(C(=O)O)cc2c1. The summed E-state index contributed by atoms with van der Waals surface area (Å²) in [6, 6.07) is 6.37. The molecule has 0 spiro atoms. The fraction of sp³-hybridized carbons (Fsp3) is 0.182. The minimum atomic E-state index is -1.11. The van der Waals surface area contributed by atoms with Crippen molar-refractivity contribution >= 4 is 16.9 Å². The first kappa shape index (κ1) is 10.7. The monoisotopic (exact) mass is 221 g/mol. The molecule has 1 unspecified atom stereocenters. The number of aromatic carboxylic acids is 1. The highest BCUT2D eigenvalue weighted by molar-refractivity contribution is 5.91. The first-order valence-electron chi connectivity index (χ1n) is 4.76. The van der Waals surface area contributed by atoms with Gasteiger partial charge in [0.1, 0.15) is 5.58 Å². The number of furan rings is 1. The van der Waals surface area contributed by atoms with Gasteiger partial charge >= 0.3 is 5.97 Å². The molecular weight excluding hydrogens is 210 g/mol. The molecule has 84 valence electrons. The van der Waals surface area contributed by atoms with Gasteiger partial charge in [-0.05, 0) is 23.8 Å². The van der Waals surface area contributed by atoms with E-state index < -0.39 is 12.1 Å². The molecule has 16 heavy (non-hydrogen) atoms. The maximum Gasteiger partial charge on any atom is 0.371 e. The van der Waals surface area contributed by atoms with Crippen LogP contribution in [-0.4, -0.2) is 22.7 Å². The van der Waals surface area contributed by atoms with Crippen molar-refractivity contribution in [3.05, 3.63) is 35.6 Å². The Labute approximate surface area is 91.1 Å². The zero-order valence-corrected chi connectivity index (χ0v) is 8.38. The summed E-state index contributed by atoms with van der Waals surface area (Å²) in [5, 5.41) is 18.9. The molecule has 5 nitrogen and oxygen atoms in total. The second-order valence-corrected chi connectivity index (χ2v) is 3.46. The van der Waals surface area contributed by atoms with Crippen LogP contribution in [0.1, 0.15) is 22.2 Å². The number of nitrogens with two attached hydrogens (primary N) is 1. The molecule has 0 radical (unpaired) electrons. The Morgan fingerprint density at radius 2 is 2.19 bits per heavy atom. The Bertz CT molecular complexity index is 532. The van der Waals surface area contributed by atoms with Gasteiger partial charge in [0.15, 0.2) is 0 Å². The number of carbonyl (C=O) groups is 1. The van der Waals surface area contributed by atoms with Gasteiger partial charge in [0.2, 0.25) is 5.76 Å². The molecule has 0 aliphatic carbocycles. The molecule has 1 heterocycles. The third-order valence-electron chi connectivity index (χ3n) is 2.36. The third-order valence-corrected chi connectivity index (χ3v) is 2.36. The van der Waals surface area contributed by atoms with Crippen LogP contribution in [0.3, 0.4) is 0 Å². The van der Waals surface area contributed by atoms with Gasteiger partial charge in [-0.2, -0.15) is 0 Å². The minimum absolute atomic E-state index is 0.116. The van der Waals surface area contributed by atoms with E-state index in [2.05, 4.69) is 0 Å². The molecule has 1 aromatic heterocycles. The fourth-order valence-corrected chi connectivity index (χ4v) is 1.51. The highest BCUT2D eigenvalue weighted by Gasteiger charge is 2.12. The van der Waals surface area contributed by atoms with Gasteiger partial charge in [0.25, 0.3) is 0 Å². The molecule has 0 aliphatic rings. The highest BCUT2D eigenvalue weighted by Crippen LogP contribution is 2.23. The Morgan fingerprint density at radius 3 is 2.81 bits per heavy atom. The second kappa shape index (κ2) is 3.96. The molecule has 4 N–H and O–H groups in total. The lowest BCUT2D eigenvalue weighted by atomic mass is 10.1. The lowest BCUT2D eigenvalue weighted by Gasteiger charge is -2.06. The van der Waals surface area contributed by atoms with Crippen LogP contribution in [0, 0.1) is 0 Å². The van der Waals surface area contributed by atoms with Crippen LogP contribution >= 0.6 is 0 Å². The predicted octanol–water partition coefficient (Wildman–Crippen LogP) is 1.12. The summed E-state index contributed by atoms with van der Waals surface area (Å²) < 4.78 is 5.09. The average molecular weight is 221 g/mol. The maximum absolute atomic E-state index is 10.7. The van der Waals surface area contributed by atoms with Crippen molar-refractivity contribution in [2.45, 2.75) is 6.10 Å². The first-order valence-corrected chi connectivity index (χ1v) is 4.76. The van der Waals surface area contributed by atoms with Gasteiger partial charge in [0.05, 0.1) is 6.10 Å². The molecule has 0 fully saturated rings. The standard InChI is InChI=1S/C11H11NO4/c12-5-8(13)6-1-2-9-7(3-6)4-10(16-9)11(14)15/h1-4,8,13H,5,12H2,(H,14,15). The number of rotatable bonds is 3. The van der Waals surface area contributed by atoms with Crippen molar-refractivity contribution in [2.24, 2.45) is 5.73 Å². The molecule has 0 saturated heterocycles. The molecule has 2 aromatic rings. The van der Waals surface area contributed by atoms with Crippen LogP contribution in [0.2, 0.25) is 0 Å². The van der Waals surface area contributed by atoms with E-state index in [4.69, 9.17) is 15.3 Å². The number of aliphatic hydroxyl groups is 1. The molecule has 1 atom stereocenters. The van der Waals surface area contributed by atoms with Gasteiger partial charge in [-0.25, -0.2) is 4.79 Å². The summed E-state index contributed by atoms with van der Waals surface area (Å²) >= 11 is 0. The quantitative estimate of drug-likeness (QED) is 0.721. The first-order chi connectivity index (χ1) is 7.61. The fourth-order valence-electron chi connectivity index (χ4n) is 1.51. The smallest absolute Gasteiger partial charge is 0.371 e. The van der Waals surface area contributed by atoms with Crippen molar-refractivity contribution < 1.29 is 19.4 Å². The van der Waals surface area contributed by atoms with Crippen LogP contribution < -0.4 is 5.73 Å². The molecule has 0 bridgehead atoms. The van der Waals surface area contributed by atoms with Gasteiger partial charge in [-0.3, -0.25) is 0 Å². The lowest BCUT2D eigenvalue weighted by Crippen LogP contribution is -2.11. The summed E-state index contributed by atoms with van der Waals surface area (Å²) in [6.45, 7) is 0.120. The van der Waals surface area contributed by atoms with E-state index in [1.807, 2.05) is 0 Å². The molecule has 2 rings (SSSR count). The number of hydrogen-bond acceptors (Lipinski definition) is 4. The van der Waals surface area contributed by atoms with Gasteiger partial charge in [-0.1, -0.05) is 6.07 Å². The van der Waals surface area contributed by atoms with Crippen LogP contribution in [0.5, 0.6) is 0 Å². The van der Waals surface area contributed by atoms with Crippen LogP contribution in [0.25, 0.3) is 11.0 Å². The van der Waals surface area contributed by atoms with E-state index in [0.717, 1.165) is 0 Å². The Morgan fingerprint density at radius 1 is 1.44 bits per heavy atom. The molecular formula is C11H11NO4. The average Bonchev–Trinajstić information content (AvgIpc) is 2.70. The van der Waals surface area contributed by atoms with E-state index >= 15 is 0 Å². The normalized spacial score (nSPS) is 12.9. The van der Waals surface area contributed by atoms with E-state index in [0.29, 0.717) is 16.5 Å². The summed E-state index contributed by atoms with van der Waals surface area (Å²) in [6.07, 6.45) is -0.743. The lowest BCUT2D eigenvalue weighted by molar-refractivity contribution is 0.0665. The van der Waals surface area contributed by atoms with E-state index in [9.17, 15) is 9.90 Å². The van der Waals surface area contributed by atoms with Crippen molar-refractivity contribution in [1.82, 2.24) is 0 Å². The molecule has 0 amide bonds. The van der Waals surface area contributed by atoms with E-state index in [1.165, 1.54) is 6.07 Å². The molecule has 5 heteroatoms. The zero-order valence-electron chi connectivity index (χ0n) is 8.38. The molecule has 0 aliphatic heterocycles. The van der Waals surface area contributed by atoms with Crippen molar-refractivity contribution in [1.29, 1.82) is 0 Å². The van der Waals surface area contributed by atoms with Gasteiger partial charge < -0.3 is 20.4 Å². The van der Waals surface area contributed by atoms with Crippen molar-refractivity contribution in [3.63, 3.8) is 0 Å². The number of carboxylic acid groups (broad SMARTS) is 1. The summed E-state index contributed by atoms with van der Waals surface area (Å²) in [5.41, 5.74) is 6.46. The number of hydrogen-bond donors (Lipinski definition) is 3. The second-order valence-electron chi connectivity index (χ2n) is 3.46. The summed E-state index contributed by atoms with van der Waals surface area (Å²) in [7, 11) is 0.